The highest BCUT2D eigenvalue weighted by atomic mass is 35.5. The first-order valence-electron chi connectivity index (χ1n) is 7.65. The predicted octanol–water partition coefficient (Wildman–Crippen LogP) is 1.56. The Labute approximate surface area is 147 Å². The second-order valence-electron chi connectivity index (χ2n) is 5.67. The van der Waals surface area contributed by atoms with Gasteiger partial charge in [-0.05, 0) is 24.6 Å². The Kier molecular flexibility index (Phi) is 6.87. The Morgan fingerprint density at radius 2 is 2.17 bits per heavy atom. The van der Waals surface area contributed by atoms with Crippen molar-refractivity contribution in [2.24, 2.45) is 5.92 Å². The van der Waals surface area contributed by atoms with Gasteiger partial charge in [-0.15, -0.1) is 12.4 Å². The SMILES string of the molecule is Cl.O=C(NCC1=CCNCC1)C1CNNC1c1ccccc1Cl. The van der Waals surface area contributed by atoms with Crippen molar-refractivity contribution < 1.29 is 4.79 Å². The first-order valence-corrected chi connectivity index (χ1v) is 8.02. The van der Waals surface area contributed by atoms with E-state index in [1.807, 2.05) is 24.3 Å². The van der Waals surface area contributed by atoms with Crippen LogP contribution in [0.5, 0.6) is 0 Å². The van der Waals surface area contributed by atoms with E-state index in [4.69, 9.17) is 11.6 Å². The van der Waals surface area contributed by atoms with Gasteiger partial charge >= 0.3 is 0 Å². The van der Waals surface area contributed by atoms with Crippen LogP contribution < -0.4 is 21.5 Å². The van der Waals surface area contributed by atoms with Crippen LogP contribution in [-0.2, 0) is 4.79 Å². The highest BCUT2D eigenvalue weighted by molar-refractivity contribution is 6.31. The van der Waals surface area contributed by atoms with Crippen molar-refractivity contribution in [3.8, 4) is 0 Å². The Morgan fingerprint density at radius 3 is 2.91 bits per heavy atom. The first kappa shape index (κ1) is 18.2. The van der Waals surface area contributed by atoms with Gasteiger partial charge in [0, 0.05) is 24.7 Å². The number of amides is 1. The van der Waals surface area contributed by atoms with Crippen LogP contribution in [0, 0.1) is 5.92 Å². The summed E-state index contributed by atoms with van der Waals surface area (Å²) in [6.45, 7) is 3.10. The molecule has 0 radical (unpaired) electrons. The summed E-state index contributed by atoms with van der Waals surface area (Å²) in [5, 5.41) is 7.01. The smallest absolute Gasteiger partial charge is 0.226 e. The molecule has 2 aliphatic heterocycles. The normalized spacial score (nSPS) is 23.8. The van der Waals surface area contributed by atoms with Crippen LogP contribution >= 0.6 is 24.0 Å². The zero-order valence-electron chi connectivity index (χ0n) is 12.8. The standard InChI is InChI=1S/C16H21ClN4O.ClH/c17-14-4-2-1-3-12(14)15-13(10-20-21-15)16(22)19-9-11-5-7-18-8-6-11;/h1-5,13,15,18,20-21H,6-10H2,(H,19,22);1H. The zero-order valence-corrected chi connectivity index (χ0v) is 14.3. The molecular weight excluding hydrogens is 335 g/mol. The quantitative estimate of drug-likeness (QED) is 0.618. The minimum atomic E-state index is -0.165. The molecule has 126 valence electrons. The van der Waals surface area contributed by atoms with Crippen LogP contribution in [-0.4, -0.2) is 32.1 Å². The van der Waals surface area contributed by atoms with E-state index in [0.717, 1.165) is 25.1 Å². The number of carbonyl (C=O) groups is 1. The minimum absolute atomic E-state index is 0. The van der Waals surface area contributed by atoms with Gasteiger partial charge in [-0.1, -0.05) is 41.4 Å². The van der Waals surface area contributed by atoms with Gasteiger partial charge in [0.1, 0.15) is 0 Å². The number of halogens is 2. The molecule has 0 saturated carbocycles. The summed E-state index contributed by atoms with van der Waals surface area (Å²) in [4.78, 5) is 12.5. The van der Waals surface area contributed by atoms with Crippen molar-refractivity contribution in [3.05, 3.63) is 46.5 Å². The first-order chi connectivity index (χ1) is 10.8. The fourth-order valence-electron chi connectivity index (χ4n) is 2.93. The Balaban J connectivity index is 0.00000192. The molecule has 0 bridgehead atoms. The van der Waals surface area contributed by atoms with Crippen LogP contribution in [0.15, 0.2) is 35.9 Å². The van der Waals surface area contributed by atoms with E-state index in [0.29, 0.717) is 18.1 Å². The lowest BCUT2D eigenvalue weighted by atomic mass is 9.94. The fraction of sp³-hybridized carbons (Fsp3) is 0.438. The molecule has 5 nitrogen and oxygen atoms in total. The number of nitrogens with one attached hydrogen (secondary N) is 4. The van der Waals surface area contributed by atoms with Crippen molar-refractivity contribution in [2.45, 2.75) is 12.5 Å². The van der Waals surface area contributed by atoms with Crippen molar-refractivity contribution in [1.82, 2.24) is 21.5 Å². The van der Waals surface area contributed by atoms with E-state index in [9.17, 15) is 4.79 Å². The molecule has 1 fully saturated rings. The minimum Gasteiger partial charge on any atom is -0.352 e. The highest BCUT2D eigenvalue weighted by Crippen LogP contribution is 2.30. The van der Waals surface area contributed by atoms with E-state index in [1.165, 1.54) is 5.57 Å². The van der Waals surface area contributed by atoms with Crippen LogP contribution in [0.25, 0.3) is 0 Å². The number of benzene rings is 1. The van der Waals surface area contributed by atoms with Gasteiger partial charge in [0.2, 0.25) is 5.91 Å². The van der Waals surface area contributed by atoms with Crippen molar-refractivity contribution in [3.63, 3.8) is 0 Å². The van der Waals surface area contributed by atoms with Gasteiger partial charge in [0.15, 0.2) is 0 Å². The lowest BCUT2D eigenvalue weighted by Gasteiger charge is -2.20. The number of hydrogen-bond donors (Lipinski definition) is 4. The molecule has 3 rings (SSSR count). The topological polar surface area (TPSA) is 65.2 Å². The van der Waals surface area contributed by atoms with Crippen LogP contribution in [0.1, 0.15) is 18.0 Å². The third-order valence-electron chi connectivity index (χ3n) is 4.21. The Morgan fingerprint density at radius 1 is 1.35 bits per heavy atom. The molecule has 1 amide bonds. The summed E-state index contributed by atoms with van der Waals surface area (Å²) in [6.07, 6.45) is 3.15. The lowest BCUT2D eigenvalue weighted by molar-refractivity contribution is -0.124. The summed E-state index contributed by atoms with van der Waals surface area (Å²) >= 11 is 6.26. The molecule has 0 aromatic heterocycles. The maximum Gasteiger partial charge on any atom is 0.226 e. The van der Waals surface area contributed by atoms with Crippen molar-refractivity contribution in [1.29, 1.82) is 0 Å². The second kappa shape index (κ2) is 8.66. The van der Waals surface area contributed by atoms with Gasteiger partial charge in [-0.25, -0.2) is 5.43 Å². The number of hydrazine groups is 1. The molecule has 23 heavy (non-hydrogen) atoms. The van der Waals surface area contributed by atoms with E-state index < -0.39 is 0 Å². The largest absolute Gasteiger partial charge is 0.352 e. The molecular formula is C16H22Cl2N4O. The molecule has 2 aliphatic rings. The Bertz CT molecular complexity index is 579. The third-order valence-corrected chi connectivity index (χ3v) is 4.55. The highest BCUT2D eigenvalue weighted by Gasteiger charge is 2.34. The fourth-order valence-corrected chi connectivity index (χ4v) is 3.18. The van der Waals surface area contributed by atoms with Crippen LogP contribution in [0.3, 0.4) is 0 Å². The van der Waals surface area contributed by atoms with Gasteiger partial charge in [0.05, 0.1) is 12.0 Å². The average Bonchev–Trinajstić information content (AvgIpc) is 3.03. The van der Waals surface area contributed by atoms with E-state index in [-0.39, 0.29) is 30.3 Å². The van der Waals surface area contributed by atoms with Gasteiger partial charge in [0.25, 0.3) is 0 Å². The molecule has 2 unspecified atom stereocenters. The lowest BCUT2D eigenvalue weighted by Crippen LogP contribution is -2.37. The predicted molar refractivity (Wildman–Crippen MR) is 94.6 cm³/mol. The molecule has 4 N–H and O–H groups in total. The average molecular weight is 357 g/mol. The summed E-state index contributed by atoms with van der Waals surface area (Å²) in [5.41, 5.74) is 8.48. The van der Waals surface area contributed by atoms with E-state index in [1.54, 1.807) is 0 Å². The Hall–Kier alpha value is -1.11. The monoisotopic (exact) mass is 356 g/mol. The molecule has 0 spiro atoms. The molecule has 1 aromatic carbocycles. The molecule has 1 saturated heterocycles. The van der Waals surface area contributed by atoms with Gasteiger partial charge in [-0.3, -0.25) is 10.2 Å². The van der Waals surface area contributed by atoms with Gasteiger partial charge < -0.3 is 10.6 Å². The second-order valence-corrected chi connectivity index (χ2v) is 6.07. The maximum absolute atomic E-state index is 12.5. The molecule has 7 heteroatoms. The molecule has 1 aromatic rings. The van der Waals surface area contributed by atoms with Crippen molar-refractivity contribution >= 4 is 29.9 Å². The van der Waals surface area contributed by atoms with E-state index in [2.05, 4.69) is 27.6 Å². The number of carbonyl (C=O) groups excluding carboxylic acids is 1. The summed E-state index contributed by atoms with van der Waals surface area (Å²) in [7, 11) is 0. The van der Waals surface area contributed by atoms with Crippen LogP contribution in [0.2, 0.25) is 5.02 Å². The maximum atomic E-state index is 12.5. The number of rotatable bonds is 4. The number of hydrogen-bond acceptors (Lipinski definition) is 4. The van der Waals surface area contributed by atoms with E-state index >= 15 is 0 Å². The third kappa shape index (κ3) is 4.46. The molecule has 2 atom stereocenters. The van der Waals surface area contributed by atoms with Crippen molar-refractivity contribution in [2.75, 3.05) is 26.2 Å². The molecule has 0 aliphatic carbocycles. The zero-order chi connectivity index (χ0) is 15.4. The summed E-state index contributed by atoms with van der Waals surface area (Å²) in [5.74, 6) is -0.107. The summed E-state index contributed by atoms with van der Waals surface area (Å²) < 4.78 is 0. The molecule has 2 heterocycles. The van der Waals surface area contributed by atoms with Crippen LogP contribution in [0.4, 0.5) is 0 Å². The van der Waals surface area contributed by atoms with Gasteiger partial charge in [-0.2, -0.15) is 0 Å². The summed E-state index contributed by atoms with van der Waals surface area (Å²) in [6, 6.07) is 7.55.